The van der Waals surface area contributed by atoms with Crippen LogP contribution in [0, 0.1) is 5.92 Å². The summed E-state index contributed by atoms with van der Waals surface area (Å²) in [6, 6.07) is 15.7. The molecule has 3 rings (SSSR count). The standard InChI is InChI=1S/C20H21N3O3/c21-18(24)14-6-8-17(9-7-14)22-19(25)15-10-12-23(13-11-15)20(26)16-4-2-1-3-5-16/h1-9,15H,10-13H2,(H2,21,24)(H,22,25). The number of primary amides is 1. The fourth-order valence-electron chi connectivity index (χ4n) is 3.07. The number of nitrogens with one attached hydrogen (secondary N) is 1. The quantitative estimate of drug-likeness (QED) is 0.885. The Morgan fingerprint density at radius 2 is 1.50 bits per heavy atom. The van der Waals surface area contributed by atoms with E-state index in [4.69, 9.17) is 5.73 Å². The number of piperidine rings is 1. The van der Waals surface area contributed by atoms with E-state index < -0.39 is 5.91 Å². The molecule has 6 heteroatoms. The highest BCUT2D eigenvalue weighted by molar-refractivity contribution is 5.96. The second kappa shape index (κ2) is 7.82. The molecule has 1 heterocycles. The van der Waals surface area contributed by atoms with Crippen molar-refractivity contribution in [3.8, 4) is 0 Å². The molecule has 0 radical (unpaired) electrons. The van der Waals surface area contributed by atoms with Crippen LogP contribution in [0.3, 0.4) is 0 Å². The summed E-state index contributed by atoms with van der Waals surface area (Å²) in [5.41, 5.74) is 6.90. The number of rotatable bonds is 4. The van der Waals surface area contributed by atoms with Crippen molar-refractivity contribution in [1.29, 1.82) is 0 Å². The molecular weight excluding hydrogens is 330 g/mol. The molecule has 26 heavy (non-hydrogen) atoms. The monoisotopic (exact) mass is 351 g/mol. The van der Waals surface area contributed by atoms with Crippen molar-refractivity contribution in [2.24, 2.45) is 11.7 Å². The molecule has 0 saturated carbocycles. The largest absolute Gasteiger partial charge is 0.366 e. The Morgan fingerprint density at radius 1 is 0.885 bits per heavy atom. The first-order chi connectivity index (χ1) is 12.5. The van der Waals surface area contributed by atoms with E-state index in [1.807, 2.05) is 18.2 Å². The summed E-state index contributed by atoms with van der Waals surface area (Å²) in [6.07, 6.45) is 1.26. The van der Waals surface area contributed by atoms with Crippen molar-refractivity contribution in [2.45, 2.75) is 12.8 Å². The number of hydrogen-bond acceptors (Lipinski definition) is 3. The molecule has 0 atom stereocenters. The van der Waals surface area contributed by atoms with E-state index in [-0.39, 0.29) is 17.7 Å². The molecule has 1 aliphatic heterocycles. The molecule has 134 valence electrons. The van der Waals surface area contributed by atoms with Crippen LogP contribution in [0.4, 0.5) is 5.69 Å². The molecule has 1 fully saturated rings. The van der Waals surface area contributed by atoms with Gasteiger partial charge < -0.3 is 16.0 Å². The molecule has 0 aromatic heterocycles. The van der Waals surface area contributed by atoms with Crippen LogP contribution in [0.5, 0.6) is 0 Å². The minimum atomic E-state index is -0.502. The molecule has 2 aromatic carbocycles. The fourth-order valence-corrected chi connectivity index (χ4v) is 3.07. The third-order valence-electron chi connectivity index (χ3n) is 4.61. The van der Waals surface area contributed by atoms with Gasteiger partial charge in [-0.25, -0.2) is 0 Å². The van der Waals surface area contributed by atoms with E-state index in [1.54, 1.807) is 41.3 Å². The number of nitrogens with two attached hydrogens (primary N) is 1. The summed E-state index contributed by atoms with van der Waals surface area (Å²) >= 11 is 0. The average molecular weight is 351 g/mol. The van der Waals surface area contributed by atoms with Gasteiger partial charge in [-0.2, -0.15) is 0 Å². The van der Waals surface area contributed by atoms with Gasteiger partial charge in [0.2, 0.25) is 11.8 Å². The van der Waals surface area contributed by atoms with Crippen LogP contribution in [0.2, 0.25) is 0 Å². The smallest absolute Gasteiger partial charge is 0.253 e. The third-order valence-corrected chi connectivity index (χ3v) is 4.61. The van der Waals surface area contributed by atoms with Crippen molar-refractivity contribution < 1.29 is 14.4 Å². The van der Waals surface area contributed by atoms with Gasteiger partial charge in [-0.3, -0.25) is 14.4 Å². The number of amides is 3. The van der Waals surface area contributed by atoms with Gasteiger partial charge in [-0.15, -0.1) is 0 Å². The van der Waals surface area contributed by atoms with Gasteiger partial charge in [0.05, 0.1) is 0 Å². The molecule has 0 aliphatic carbocycles. The maximum absolute atomic E-state index is 12.4. The zero-order chi connectivity index (χ0) is 18.5. The normalized spacial score (nSPS) is 14.7. The lowest BCUT2D eigenvalue weighted by Gasteiger charge is -2.31. The Labute approximate surface area is 152 Å². The van der Waals surface area contributed by atoms with Gasteiger partial charge in [-0.05, 0) is 49.2 Å². The molecule has 2 aromatic rings. The molecule has 1 saturated heterocycles. The van der Waals surface area contributed by atoms with Crippen molar-refractivity contribution in [3.63, 3.8) is 0 Å². The summed E-state index contributed by atoms with van der Waals surface area (Å²) < 4.78 is 0. The molecule has 0 spiro atoms. The van der Waals surface area contributed by atoms with Gasteiger partial charge in [0.1, 0.15) is 0 Å². The summed E-state index contributed by atoms with van der Waals surface area (Å²) in [6.45, 7) is 1.12. The van der Waals surface area contributed by atoms with Gasteiger partial charge in [-0.1, -0.05) is 18.2 Å². The minimum Gasteiger partial charge on any atom is -0.366 e. The fraction of sp³-hybridized carbons (Fsp3) is 0.250. The van der Waals surface area contributed by atoms with E-state index >= 15 is 0 Å². The molecule has 3 amide bonds. The number of hydrogen-bond donors (Lipinski definition) is 2. The van der Waals surface area contributed by atoms with E-state index in [0.29, 0.717) is 42.7 Å². The summed E-state index contributed by atoms with van der Waals surface area (Å²) in [4.78, 5) is 37.7. The van der Waals surface area contributed by atoms with E-state index in [2.05, 4.69) is 5.32 Å². The molecule has 0 bridgehead atoms. The molecular formula is C20H21N3O3. The number of anilines is 1. The van der Waals surface area contributed by atoms with Gasteiger partial charge in [0.15, 0.2) is 0 Å². The van der Waals surface area contributed by atoms with Crippen LogP contribution in [0.25, 0.3) is 0 Å². The van der Waals surface area contributed by atoms with Crippen LogP contribution >= 0.6 is 0 Å². The highest BCUT2D eigenvalue weighted by atomic mass is 16.2. The SMILES string of the molecule is NC(=O)c1ccc(NC(=O)C2CCN(C(=O)c3ccccc3)CC2)cc1. The Morgan fingerprint density at radius 3 is 2.08 bits per heavy atom. The van der Waals surface area contributed by atoms with Crippen molar-refractivity contribution in [3.05, 3.63) is 65.7 Å². The molecule has 3 N–H and O–H groups in total. The first-order valence-corrected chi connectivity index (χ1v) is 8.59. The minimum absolute atomic E-state index is 0.00602. The lowest BCUT2D eigenvalue weighted by molar-refractivity contribution is -0.121. The van der Waals surface area contributed by atoms with Crippen molar-refractivity contribution in [2.75, 3.05) is 18.4 Å². The highest BCUT2D eigenvalue weighted by Crippen LogP contribution is 2.21. The maximum Gasteiger partial charge on any atom is 0.253 e. The Kier molecular flexibility index (Phi) is 5.31. The Bertz CT molecular complexity index is 795. The third kappa shape index (κ3) is 4.08. The molecule has 1 aliphatic rings. The van der Waals surface area contributed by atoms with Crippen LogP contribution < -0.4 is 11.1 Å². The second-order valence-corrected chi connectivity index (χ2v) is 6.36. The van der Waals surface area contributed by atoms with E-state index in [9.17, 15) is 14.4 Å². The van der Waals surface area contributed by atoms with Crippen LogP contribution in [-0.4, -0.2) is 35.7 Å². The lowest BCUT2D eigenvalue weighted by atomic mass is 9.95. The average Bonchev–Trinajstić information content (AvgIpc) is 2.68. The number of benzene rings is 2. The maximum atomic E-state index is 12.4. The molecule has 0 unspecified atom stereocenters. The Hall–Kier alpha value is -3.15. The predicted molar refractivity (Wildman–Crippen MR) is 98.7 cm³/mol. The van der Waals surface area contributed by atoms with Gasteiger partial charge in [0.25, 0.3) is 5.91 Å². The van der Waals surface area contributed by atoms with Gasteiger partial charge >= 0.3 is 0 Å². The molecule has 6 nitrogen and oxygen atoms in total. The topological polar surface area (TPSA) is 92.5 Å². The summed E-state index contributed by atoms with van der Waals surface area (Å²) in [5, 5.41) is 2.86. The highest BCUT2D eigenvalue weighted by Gasteiger charge is 2.27. The van der Waals surface area contributed by atoms with E-state index in [1.165, 1.54) is 0 Å². The van der Waals surface area contributed by atoms with Crippen molar-refractivity contribution >= 4 is 23.4 Å². The number of likely N-dealkylation sites (tertiary alicyclic amines) is 1. The van der Waals surface area contributed by atoms with Crippen LogP contribution in [0.15, 0.2) is 54.6 Å². The Balaban J connectivity index is 1.53. The van der Waals surface area contributed by atoms with Crippen LogP contribution in [-0.2, 0) is 4.79 Å². The number of nitrogens with zero attached hydrogens (tertiary/aromatic N) is 1. The number of carbonyl (C=O) groups is 3. The zero-order valence-electron chi connectivity index (χ0n) is 14.4. The van der Waals surface area contributed by atoms with Gasteiger partial charge in [0, 0.05) is 35.8 Å². The lowest BCUT2D eigenvalue weighted by Crippen LogP contribution is -2.41. The van der Waals surface area contributed by atoms with Crippen LogP contribution in [0.1, 0.15) is 33.6 Å². The zero-order valence-corrected chi connectivity index (χ0v) is 14.4. The summed E-state index contributed by atoms with van der Waals surface area (Å²) in [7, 11) is 0. The summed E-state index contributed by atoms with van der Waals surface area (Å²) in [5.74, 6) is -0.695. The van der Waals surface area contributed by atoms with E-state index in [0.717, 1.165) is 0 Å². The van der Waals surface area contributed by atoms with Crippen molar-refractivity contribution in [1.82, 2.24) is 4.90 Å². The first kappa shape index (κ1) is 17.7. The second-order valence-electron chi connectivity index (χ2n) is 6.36. The predicted octanol–water partition coefficient (Wildman–Crippen LogP) is 2.28. The first-order valence-electron chi connectivity index (χ1n) is 8.59. The number of carbonyl (C=O) groups excluding carboxylic acids is 3.